The summed E-state index contributed by atoms with van der Waals surface area (Å²) in [5, 5.41) is 3.91. The van der Waals surface area contributed by atoms with Gasteiger partial charge in [0.1, 0.15) is 11.3 Å². The number of benzene rings is 4. The second-order valence-electron chi connectivity index (χ2n) is 9.01. The van der Waals surface area contributed by atoms with Crippen LogP contribution in [0.2, 0.25) is 0 Å². The average Bonchev–Trinajstić information content (AvgIpc) is 3.37. The SMILES string of the molecule is COc1ccc(-c2nc3cc(NC(=O)c4oc(=O)c5ccccc5c4-c4ccc(C)cc4)ccc3o2)cc1Br. The van der Waals surface area contributed by atoms with Crippen LogP contribution in [0.25, 0.3) is 44.5 Å². The van der Waals surface area contributed by atoms with Crippen molar-refractivity contribution in [3.63, 3.8) is 0 Å². The van der Waals surface area contributed by atoms with Crippen LogP contribution in [0.1, 0.15) is 16.1 Å². The highest BCUT2D eigenvalue weighted by molar-refractivity contribution is 9.10. The van der Waals surface area contributed by atoms with E-state index in [1.54, 1.807) is 37.4 Å². The molecule has 0 unspecified atom stereocenters. The van der Waals surface area contributed by atoms with Gasteiger partial charge < -0.3 is 18.9 Å². The van der Waals surface area contributed by atoms with E-state index in [0.717, 1.165) is 21.2 Å². The van der Waals surface area contributed by atoms with Gasteiger partial charge in [-0.15, -0.1) is 0 Å². The molecule has 4 aromatic carbocycles. The Bertz CT molecular complexity index is 1940. The fraction of sp³-hybridized carbons (Fsp3) is 0.0645. The molecule has 8 heteroatoms. The zero-order chi connectivity index (χ0) is 27.1. The van der Waals surface area contributed by atoms with Gasteiger partial charge in [0.2, 0.25) is 11.7 Å². The molecule has 0 atom stereocenters. The maximum absolute atomic E-state index is 13.5. The first kappa shape index (κ1) is 24.6. The molecule has 7 nitrogen and oxygen atoms in total. The van der Waals surface area contributed by atoms with Crippen LogP contribution in [0.4, 0.5) is 5.69 Å². The van der Waals surface area contributed by atoms with Crippen LogP contribution in [0.3, 0.4) is 0 Å². The predicted octanol–water partition coefficient (Wildman–Crippen LogP) is 7.60. The van der Waals surface area contributed by atoms with Gasteiger partial charge in [0.15, 0.2) is 5.58 Å². The summed E-state index contributed by atoms with van der Waals surface area (Å²) in [5.74, 6) is 0.520. The smallest absolute Gasteiger partial charge is 0.344 e. The number of hydrogen-bond donors (Lipinski definition) is 1. The Morgan fingerprint density at radius 1 is 0.897 bits per heavy atom. The molecule has 0 saturated carbocycles. The first-order valence-electron chi connectivity index (χ1n) is 12.1. The molecular weight excluding hydrogens is 560 g/mol. The predicted molar refractivity (Wildman–Crippen MR) is 154 cm³/mol. The third-order valence-corrected chi connectivity index (χ3v) is 7.05. The largest absolute Gasteiger partial charge is 0.496 e. The first-order valence-corrected chi connectivity index (χ1v) is 12.9. The molecule has 192 valence electrons. The second-order valence-corrected chi connectivity index (χ2v) is 9.86. The Balaban J connectivity index is 1.38. The van der Waals surface area contributed by atoms with Crippen LogP contribution in [-0.4, -0.2) is 18.0 Å². The first-order chi connectivity index (χ1) is 18.9. The van der Waals surface area contributed by atoms with Crippen molar-refractivity contribution >= 4 is 49.4 Å². The van der Waals surface area contributed by atoms with E-state index < -0.39 is 11.5 Å². The molecule has 0 aliphatic carbocycles. The van der Waals surface area contributed by atoms with Gasteiger partial charge in [-0.25, -0.2) is 9.78 Å². The number of hydrogen-bond acceptors (Lipinski definition) is 6. The number of methoxy groups -OCH3 is 1. The molecule has 1 N–H and O–H groups in total. The van der Waals surface area contributed by atoms with Gasteiger partial charge in [0.25, 0.3) is 5.91 Å². The Kier molecular flexibility index (Phi) is 6.24. The van der Waals surface area contributed by atoms with E-state index in [2.05, 4.69) is 26.2 Å². The summed E-state index contributed by atoms with van der Waals surface area (Å²) in [6, 6.07) is 25.5. The maximum Gasteiger partial charge on any atom is 0.344 e. The number of halogens is 1. The number of nitrogens with one attached hydrogen (secondary N) is 1. The van der Waals surface area contributed by atoms with Gasteiger partial charge in [0, 0.05) is 22.2 Å². The van der Waals surface area contributed by atoms with E-state index in [-0.39, 0.29) is 5.76 Å². The number of carbonyl (C=O) groups is 1. The number of anilines is 1. The summed E-state index contributed by atoms with van der Waals surface area (Å²) in [6.07, 6.45) is 0. The lowest BCUT2D eigenvalue weighted by Gasteiger charge is -2.12. The highest BCUT2D eigenvalue weighted by Crippen LogP contribution is 2.34. The van der Waals surface area contributed by atoms with Crippen molar-refractivity contribution in [2.75, 3.05) is 12.4 Å². The maximum atomic E-state index is 13.5. The summed E-state index contributed by atoms with van der Waals surface area (Å²) in [5.41, 5.74) is 4.20. The van der Waals surface area contributed by atoms with Crippen LogP contribution in [0.15, 0.2) is 103 Å². The minimum Gasteiger partial charge on any atom is -0.496 e. The van der Waals surface area contributed by atoms with Gasteiger partial charge in [-0.3, -0.25) is 4.79 Å². The Morgan fingerprint density at radius 3 is 2.38 bits per heavy atom. The summed E-state index contributed by atoms with van der Waals surface area (Å²) in [4.78, 5) is 30.9. The molecular formula is C31H21BrN2O5. The van der Waals surface area contributed by atoms with E-state index >= 15 is 0 Å². The molecule has 39 heavy (non-hydrogen) atoms. The van der Waals surface area contributed by atoms with Crippen molar-refractivity contribution in [2.24, 2.45) is 0 Å². The lowest BCUT2D eigenvalue weighted by atomic mass is 9.97. The lowest BCUT2D eigenvalue weighted by Crippen LogP contribution is -2.17. The van der Waals surface area contributed by atoms with Gasteiger partial charge in [-0.2, -0.15) is 0 Å². The lowest BCUT2D eigenvalue weighted by molar-refractivity contribution is 0.0994. The van der Waals surface area contributed by atoms with Crippen molar-refractivity contribution in [3.8, 4) is 28.3 Å². The van der Waals surface area contributed by atoms with Crippen molar-refractivity contribution < 1.29 is 18.4 Å². The summed E-state index contributed by atoms with van der Waals surface area (Å²) in [6.45, 7) is 1.99. The number of ether oxygens (including phenoxy) is 1. The van der Waals surface area contributed by atoms with Crippen LogP contribution >= 0.6 is 15.9 Å². The van der Waals surface area contributed by atoms with Gasteiger partial charge in [-0.05, 0) is 70.9 Å². The van der Waals surface area contributed by atoms with Crippen molar-refractivity contribution in [1.82, 2.24) is 4.98 Å². The molecule has 0 bridgehead atoms. The van der Waals surface area contributed by atoms with Crippen molar-refractivity contribution in [2.45, 2.75) is 6.92 Å². The van der Waals surface area contributed by atoms with Crippen molar-refractivity contribution in [1.29, 1.82) is 0 Å². The topological polar surface area (TPSA) is 94.6 Å². The highest BCUT2D eigenvalue weighted by Gasteiger charge is 2.22. The van der Waals surface area contributed by atoms with E-state index in [4.69, 9.17) is 13.6 Å². The zero-order valence-corrected chi connectivity index (χ0v) is 22.5. The Hall–Kier alpha value is -4.69. The Labute approximate surface area is 231 Å². The number of nitrogens with zero attached hydrogens (tertiary/aromatic N) is 1. The van der Waals surface area contributed by atoms with Crippen LogP contribution in [0, 0.1) is 6.92 Å². The van der Waals surface area contributed by atoms with Crippen LogP contribution in [-0.2, 0) is 0 Å². The molecule has 0 fully saturated rings. The van der Waals surface area contributed by atoms with E-state index in [9.17, 15) is 9.59 Å². The number of fused-ring (bicyclic) bond motifs is 2. The molecule has 1 amide bonds. The van der Waals surface area contributed by atoms with E-state index in [0.29, 0.717) is 44.8 Å². The molecule has 0 radical (unpaired) electrons. The van der Waals surface area contributed by atoms with Crippen LogP contribution < -0.4 is 15.7 Å². The fourth-order valence-corrected chi connectivity index (χ4v) is 5.02. The van der Waals surface area contributed by atoms with E-state index in [1.165, 1.54) is 0 Å². The molecule has 2 aromatic heterocycles. The Morgan fingerprint density at radius 2 is 1.64 bits per heavy atom. The number of carbonyl (C=O) groups excluding carboxylic acids is 1. The quantitative estimate of drug-likeness (QED) is 0.225. The summed E-state index contributed by atoms with van der Waals surface area (Å²) >= 11 is 3.48. The summed E-state index contributed by atoms with van der Waals surface area (Å²) in [7, 11) is 1.60. The monoisotopic (exact) mass is 580 g/mol. The minimum atomic E-state index is -0.575. The fourth-order valence-electron chi connectivity index (χ4n) is 4.48. The van der Waals surface area contributed by atoms with E-state index in [1.807, 2.05) is 61.5 Å². The molecule has 6 aromatic rings. The molecule has 0 aliphatic heterocycles. The van der Waals surface area contributed by atoms with Gasteiger partial charge in [0.05, 0.1) is 17.0 Å². The van der Waals surface area contributed by atoms with Crippen LogP contribution in [0.5, 0.6) is 5.75 Å². The van der Waals surface area contributed by atoms with Crippen molar-refractivity contribution in [3.05, 3.63) is 111 Å². The number of amides is 1. The highest BCUT2D eigenvalue weighted by atomic mass is 79.9. The van der Waals surface area contributed by atoms with Gasteiger partial charge in [-0.1, -0.05) is 48.0 Å². The standard InChI is InChI=1S/C31H21BrN2O5/c1-17-7-9-18(10-8-17)27-21-5-3-4-6-22(21)31(36)39-28(27)29(35)33-20-12-14-26-24(16-20)34-30(38-26)19-11-13-25(37-2)23(32)15-19/h3-16H,1-2H3,(H,33,35). The number of rotatable bonds is 5. The number of oxazole rings is 1. The molecule has 0 spiro atoms. The third kappa shape index (κ3) is 4.59. The minimum absolute atomic E-state index is 0.0634. The third-order valence-electron chi connectivity index (χ3n) is 6.43. The zero-order valence-electron chi connectivity index (χ0n) is 20.9. The molecule has 0 aliphatic rings. The van der Waals surface area contributed by atoms with Gasteiger partial charge >= 0.3 is 5.63 Å². The number of aromatic nitrogens is 1. The normalized spacial score (nSPS) is 11.2. The number of aryl methyl sites for hydroxylation is 1. The summed E-state index contributed by atoms with van der Waals surface area (Å²) < 4.78 is 17.6. The average molecular weight is 581 g/mol. The second kappa shape index (κ2) is 9.89. The molecule has 6 rings (SSSR count). The molecule has 2 heterocycles. The molecule has 0 saturated heterocycles.